The quantitative estimate of drug-likeness (QED) is 0.872. The number of aryl methyl sites for hydroxylation is 1. The number of aromatic nitrogens is 2. The second-order valence-corrected chi connectivity index (χ2v) is 4.97. The van der Waals surface area contributed by atoms with Crippen LogP contribution in [0.2, 0.25) is 0 Å². The summed E-state index contributed by atoms with van der Waals surface area (Å²) in [6, 6.07) is 0. The number of hydrogen-bond acceptors (Lipinski definition) is 4. The normalized spacial score (nSPS) is 15.7. The van der Waals surface area contributed by atoms with Crippen molar-refractivity contribution in [2.24, 2.45) is 0 Å². The Labute approximate surface area is 103 Å². The van der Waals surface area contributed by atoms with Crippen molar-refractivity contribution in [1.82, 2.24) is 9.97 Å². The first-order chi connectivity index (χ1) is 8.13. The van der Waals surface area contributed by atoms with Gasteiger partial charge in [-0.3, -0.25) is 0 Å². The lowest BCUT2D eigenvalue weighted by molar-refractivity contribution is 0.815. The van der Waals surface area contributed by atoms with Crippen LogP contribution in [0.15, 0.2) is 0 Å². The van der Waals surface area contributed by atoms with Gasteiger partial charge in [0.1, 0.15) is 5.82 Å². The van der Waals surface area contributed by atoms with Gasteiger partial charge in [-0.2, -0.15) is 4.98 Å². The zero-order chi connectivity index (χ0) is 12.4. The average Bonchev–Trinajstić information content (AvgIpc) is 2.80. The number of nitrogens with one attached hydrogen (secondary N) is 1. The zero-order valence-electron chi connectivity index (χ0n) is 11.2. The van der Waals surface area contributed by atoms with Crippen LogP contribution in [-0.4, -0.2) is 30.1 Å². The first kappa shape index (κ1) is 12.1. The summed E-state index contributed by atoms with van der Waals surface area (Å²) in [6.45, 7) is 8.62. The fourth-order valence-electron chi connectivity index (χ4n) is 2.51. The fourth-order valence-corrected chi connectivity index (χ4v) is 2.51. The molecule has 1 aliphatic rings. The molecule has 0 unspecified atom stereocenters. The van der Waals surface area contributed by atoms with Crippen molar-refractivity contribution < 1.29 is 0 Å². The second kappa shape index (κ2) is 4.90. The minimum absolute atomic E-state index is 0.449. The Bertz CT molecular complexity index is 395. The van der Waals surface area contributed by atoms with Gasteiger partial charge in [0.2, 0.25) is 5.95 Å². The van der Waals surface area contributed by atoms with Gasteiger partial charge in [0.25, 0.3) is 0 Å². The monoisotopic (exact) mass is 234 g/mol. The fraction of sp³-hybridized carbons (Fsp3) is 0.692. The molecule has 1 aromatic heterocycles. The van der Waals surface area contributed by atoms with E-state index in [-0.39, 0.29) is 0 Å². The highest BCUT2D eigenvalue weighted by Gasteiger charge is 2.19. The SMILES string of the molecule is CNc1nc(N2CCCC2)nc(C)c1C(C)C. The standard InChI is InChI=1S/C13H22N4/c1-9(2)11-10(3)15-13(16-12(11)14-4)17-7-5-6-8-17/h9H,5-8H2,1-4H3,(H,14,15,16). The smallest absolute Gasteiger partial charge is 0.227 e. The maximum absolute atomic E-state index is 4.66. The number of hydrogen-bond donors (Lipinski definition) is 1. The van der Waals surface area contributed by atoms with Crippen LogP contribution >= 0.6 is 0 Å². The van der Waals surface area contributed by atoms with Crippen LogP contribution in [0, 0.1) is 6.92 Å². The molecule has 1 saturated heterocycles. The highest BCUT2D eigenvalue weighted by Crippen LogP contribution is 2.27. The second-order valence-electron chi connectivity index (χ2n) is 4.97. The van der Waals surface area contributed by atoms with E-state index in [1.54, 1.807) is 0 Å². The van der Waals surface area contributed by atoms with Gasteiger partial charge in [-0.15, -0.1) is 0 Å². The Hall–Kier alpha value is -1.32. The lowest BCUT2D eigenvalue weighted by Crippen LogP contribution is -2.22. The van der Waals surface area contributed by atoms with Crippen molar-refractivity contribution in [3.8, 4) is 0 Å². The molecule has 4 nitrogen and oxygen atoms in total. The van der Waals surface area contributed by atoms with Gasteiger partial charge in [0, 0.05) is 31.4 Å². The van der Waals surface area contributed by atoms with Crippen LogP contribution in [0.25, 0.3) is 0 Å². The van der Waals surface area contributed by atoms with Gasteiger partial charge >= 0.3 is 0 Å². The number of anilines is 2. The molecule has 94 valence electrons. The van der Waals surface area contributed by atoms with Crippen molar-refractivity contribution in [1.29, 1.82) is 0 Å². The molecule has 4 heteroatoms. The Morgan fingerprint density at radius 3 is 2.35 bits per heavy atom. The third-order valence-electron chi connectivity index (χ3n) is 3.33. The van der Waals surface area contributed by atoms with E-state index in [1.807, 2.05) is 7.05 Å². The predicted octanol–water partition coefficient (Wildman–Crippen LogP) is 2.55. The first-order valence-corrected chi connectivity index (χ1v) is 6.44. The van der Waals surface area contributed by atoms with Crippen LogP contribution in [0.3, 0.4) is 0 Å². The molecule has 0 amide bonds. The zero-order valence-corrected chi connectivity index (χ0v) is 11.2. The van der Waals surface area contributed by atoms with Gasteiger partial charge in [-0.05, 0) is 25.7 Å². The summed E-state index contributed by atoms with van der Waals surface area (Å²) in [7, 11) is 1.93. The third kappa shape index (κ3) is 2.35. The Balaban J connectivity index is 2.40. The Kier molecular flexibility index (Phi) is 3.50. The lowest BCUT2D eigenvalue weighted by atomic mass is 10.0. The van der Waals surface area contributed by atoms with Gasteiger partial charge in [-0.1, -0.05) is 13.8 Å². The third-order valence-corrected chi connectivity index (χ3v) is 3.33. The van der Waals surface area contributed by atoms with E-state index < -0.39 is 0 Å². The van der Waals surface area contributed by atoms with Gasteiger partial charge in [0.15, 0.2) is 0 Å². The molecule has 0 radical (unpaired) electrons. The summed E-state index contributed by atoms with van der Waals surface area (Å²) < 4.78 is 0. The largest absolute Gasteiger partial charge is 0.373 e. The maximum Gasteiger partial charge on any atom is 0.227 e. The molecule has 0 atom stereocenters. The molecule has 0 bridgehead atoms. The van der Waals surface area contributed by atoms with Crippen molar-refractivity contribution in [3.63, 3.8) is 0 Å². The molecule has 0 aliphatic carbocycles. The average molecular weight is 234 g/mol. The Morgan fingerprint density at radius 1 is 1.18 bits per heavy atom. The summed E-state index contributed by atoms with van der Waals surface area (Å²) in [4.78, 5) is 11.6. The first-order valence-electron chi connectivity index (χ1n) is 6.44. The molecule has 1 aromatic rings. The van der Waals surface area contributed by atoms with E-state index >= 15 is 0 Å². The molecule has 1 N–H and O–H groups in total. The van der Waals surface area contributed by atoms with Gasteiger partial charge in [0.05, 0.1) is 0 Å². The lowest BCUT2D eigenvalue weighted by Gasteiger charge is -2.20. The van der Waals surface area contributed by atoms with Crippen LogP contribution in [-0.2, 0) is 0 Å². The topological polar surface area (TPSA) is 41.1 Å². The molecule has 2 rings (SSSR count). The van der Waals surface area contributed by atoms with Crippen LogP contribution in [0.4, 0.5) is 11.8 Å². The van der Waals surface area contributed by atoms with E-state index in [0.717, 1.165) is 30.5 Å². The van der Waals surface area contributed by atoms with Crippen molar-refractivity contribution in [3.05, 3.63) is 11.3 Å². The van der Waals surface area contributed by atoms with Gasteiger partial charge < -0.3 is 10.2 Å². The summed E-state index contributed by atoms with van der Waals surface area (Å²) in [5, 5.41) is 3.20. The van der Waals surface area contributed by atoms with E-state index in [4.69, 9.17) is 0 Å². The minimum atomic E-state index is 0.449. The summed E-state index contributed by atoms with van der Waals surface area (Å²) in [5.74, 6) is 2.31. The summed E-state index contributed by atoms with van der Waals surface area (Å²) in [5.41, 5.74) is 2.33. The predicted molar refractivity (Wildman–Crippen MR) is 71.9 cm³/mol. The molecule has 2 heterocycles. The highest BCUT2D eigenvalue weighted by molar-refractivity contribution is 5.52. The Morgan fingerprint density at radius 2 is 1.82 bits per heavy atom. The van der Waals surface area contributed by atoms with E-state index in [9.17, 15) is 0 Å². The molecule has 1 fully saturated rings. The molecular weight excluding hydrogens is 212 g/mol. The van der Waals surface area contributed by atoms with Crippen LogP contribution in [0.1, 0.15) is 43.9 Å². The number of rotatable bonds is 3. The molecule has 17 heavy (non-hydrogen) atoms. The molecular formula is C13H22N4. The van der Waals surface area contributed by atoms with Gasteiger partial charge in [-0.25, -0.2) is 4.98 Å². The molecule has 1 aliphatic heterocycles. The van der Waals surface area contributed by atoms with E-state index in [2.05, 4.69) is 41.0 Å². The van der Waals surface area contributed by atoms with E-state index in [1.165, 1.54) is 18.4 Å². The highest BCUT2D eigenvalue weighted by atomic mass is 15.3. The van der Waals surface area contributed by atoms with Crippen molar-refractivity contribution >= 4 is 11.8 Å². The maximum atomic E-state index is 4.66. The molecule has 0 aromatic carbocycles. The van der Waals surface area contributed by atoms with E-state index in [0.29, 0.717) is 5.92 Å². The minimum Gasteiger partial charge on any atom is -0.373 e. The number of nitrogens with zero attached hydrogens (tertiary/aromatic N) is 3. The summed E-state index contributed by atoms with van der Waals surface area (Å²) in [6.07, 6.45) is 2.51. The van der Waals surface area contributed by atoms with Crippen LogP contribution < -0.4 is 10.2 Å². The van der Waals surface area contributed by atoms with Crippen molar-refractivity contribution in [2.75, 3.05) is 30.4 Å². The molecule has 0 spiro atoms. The summed E-state index contributed by atoms with van der Waals surface area (Å²) >= 11 is 0. The molecule has 0 saturated carbocycles. The van der Waals surface area contributed by atoms with Crippen molar-refractivity contribution in [2.45, 2.75) is 39.5 Å². The van der Waals surface area contributed by atoms with Crippen LogP contribution in [0.5, 0.6) is 0 Å².